The summed E-state index contributed by atoms with van der Waals surface area (Å²) in [5.74, 6) is 0.429. The van der Waals surface area contributed by atoms with Gasteiger partial charge in [-0.05, 0) is 66.3 Å². The number of allylic oxidation sites excluding steroid dienone is 1. The van der Waals surface area contributed by atoms with E-state index in [1.165, 1.54) is 3.57 Å². The molecule has 0 saturated carbocycles. The molecule has 0 aliphatic carbocycles. The lowest BCUT2D eigenvalue weighted by Crippen LogP contribution is -2.48. The van der Waals surface area contributed by atoms with Crippen LogP contribution in [0.4, 0.5) is 0 Å². The van der Waals surface area contributed by atoms with Crippen LogP contribution in [0.15, 0.2) is 36.1 Å². The minimum absolute atomic E-state index is 0.0488. The van der Waals surface area contributed by atoms with Gasteiger partial charge in [-0.1, -0.05) is 12.1 Å². The first-order valence-electron chi connectivity index (χ1n) is 9.91. The Morgan fingerprint density at radius 1 is 1.21 bits per heavy atom. The predicted molar refractivity (Wildman–Crippen MR) is 116 cm³/mol. The van der Waals surface area contributed by atoms with Gasteiger partial charge in [-0.3, -0.25) is 4.79 Å². The van der Waals surface area contributed by atoms with Gasteiger partial charge in [0.2, 0.25) is 6.29 Å². The van der Waals surface area contributed by atoms with Gasteiger partial charge in [0, 0.05) is 48.7 Å². The number of piperazine rings is 1. The number of ether oxygens (including phenoxy) is 2. The second-order valence-electron chi connectivity index (χ2n) is 7.37. The van der Waals surface area contributed by atoms with Crippen LogP contribution in [0, 0.1) is 3.57 Å². The van der Waals surface area contributed by atoms with Crippen molar-refractivity contribution in [3.8, 4) is 0 Å². The third-order valence-electron chi connectivity index (χ3n) is 5.21. The van der Waals surface area contributed by atoms with Gasteiger partial charge >= 0.3 is 0 Å². The highest BCUT2D eigenvalue weighted by Gasteiger charge is 2.31. The lowest BCUT2D eigenvalue weighted by atomic mass is 9.93. The first-order chi connectivity index (χ1) is 13.6. The lowest BCUT2D eigenvalue weighted by molar-refractivity contribution is -0.153. The Labute approximate surface area is 180 Å². The fraction of sp³-hybridized carbons (Fsp3) is 0.571. The Hall–Kier alpha value is -1.16. The molecule has 2 heterocycles. The zero-order valence-electron chi connectivity index (χ0n) is 16.3. The molecule has 0 aromatic heterocycles. The summed E-state index contributed by atoms with van der Waals surface area (Å²) in [6.07, 6.45) is 3.67. The Morgan fingerprint density at radius 2 is 1.93 bits per heavy atom. The van der Waals surface area contributed by atoms with Gasteiger partial charge in [0.15, 0.2) is 5.76 Å². The maximum absolute atomic E-state index is 13.0. The molecule has 1 saturated heterocycles. The van der Waals surface area contributed by atoms with Crippen LogP contribution in [-0.4, -0.2) is 73.5 Å². The minimum atomic E-state index is -0.445. The third-order valence-corrected chi connectivity index (χ3v) is 5.93. The number of unbranched alkanes of at least 4 members (excludes halogenated alkanes) is 1. The summed E-state index contributed by atoms with van der Waals surface area (Å²) in [5, 5.41) is 8.94. The molecule has 2 aliphatic heterocycles. The molecule has 0 unspecified atom stereocenters. The Balaban J connectivity index is 1.73. The average Bonchev–Trinajstić information content (AvgIpc) is 2.71. The van der Waals surface area contributed by atoms with E-state index in [1.807, 2.05) is 11.0 Å². The molecule has 2 atom stereocenters. The van der Waals surface area contributed by atoms with Crippen molar-refractivity contribution in [2.75, 3.05) is 46.4 Å². The molecular weight excluding hydrogens is 471 g/mol. The van der Waals surface area contributed by atoms with E-state index >= 15 is 0 Å². The number of aliphatic hydroxyl groups excluding tert-OH is 1. The first kappa shape index (κ1) is 21.5. The highest BCUT2D eigenvalue weighted by Crippen LogP contribution is 2.32. The zero-order chi connectivity index (χ0) is 19.9. The van der Waals surface area contributed by atoms with Crippen molar-refractivity contribution in [1.82, 2.24) is 9.80 Å². The summed E-state index contributed by atoms with van der Waals surface area (Å²) in [5.41, 5.74) is 1.16. The van der Waals surface area contributed by atoms with Gasteiger partial charge in [-0.15, -0.1) is 0 Å². The third kappa shape index (κ3) is 5.92. The van der Waals surface area contributed by atoms with Crippen LogP contribution >= 0.6 is 22.6 Å². The van der Waals surface area contributed by atoms with Crippen molar-refractivity contribution in [2.45, 2.75) is 31.5 Å². The van der Waals surface area contributed by atoms with Crippen LogP contribution < -0.4 is 0 Å². The van der Waals surface area contributed by atoms with Crippen molar-refractivity contribution < 1.29 is 19.4 Å². The van der Waals surface area contributed by atoms with Crippen molar-refractivity contribution in [2.24, 2.45) is 0 Å². The Morgan fingerprint density at radius 3 is 2.61 bits per heavy atom. The predicted octanol–water partition coefficient (Wildman–Crippen LogP) is 2.57. The fourth-order valence-corrected chi connectivity index (χ4v) is 3.81. The van der Waals surface area contributed by atoms with Crippen LogP contribution in [0.2, 0.25) is 0 Å². The highest BCUT2D eigenvalue weighted by molar-refractivity contribution is 14.1. The van der Waals surface area contributed by atoms with E-state index in [9.17, 15) is 4.79 Å². The number of amides is 1. The van der Waals surface area contributed by atoms with E-state index in [1.54, 1.807) is 0 Å². The lowest BCUT2D eigenvalue weighted by Gasteiger charge is -2.35. The first-order valence-corrected chi connectivity index (χ1v) is 11.0. The number of nitrogens with zero attached hydrogens (tertiary/aromatic N) is 2. The van der Waals surface area contributed by atoms with Crippen LogP contribution in [-0.2, 0) is 14.3 Å². The standard InChI is InChI=1S/C21H29IN2O4/c1-23-8-10-24(11-9-23)21(26)19-14-17(16-4-6-18(22)7-5-16)15-20(28-19)27-13-3-2-12-25/h4-7,14,17,20,25H,2-3,8-13,15H2,1H3/t17-,20+/m1/s1. The van der Waals surface area contributed by atoms with E-state index in [0.717, 1.165) is 25.1 Å². The molecule has 6 nitrogen and oxygen atoms in total. The Kier molecular flexibility index (Phi) is 8.13. The summed E-state index contributed by atoms with van der Waals surface area (Å²) in [7, 11) is 2.07. The van der Waals surface area contributed by atoms with Gasteiger partial charge in [0.25, 0.3) is 5.91 Å². The zero-order valence-corrected chi connectivity index (χ0v) is 18.5. The molecule has 1 aromatic carbocycles. The number of halogens is 1. The minimum Gasteiger partial charge on any atom is -0.459 e. The number of hydrogen-bond donors (Lipinski definition) is 1. The monoisotopic (exact) mass is 500 g/mol. The molecule has 1 amide bonds. The summed E-state index contributed by atoms with van der Waals surface area (Å²) in [6.45, 7) is 3.85. The van der Waals surface area contributed by atoms with E-state index in [-0.39, 0.29) is 18.4 Å². The summed E-state index contributed by atoms with van der Waals surface area (Å²) >= 11 is 2.29. The molecule has 1 N–H and O–H groups in total. The smallest absolute Gasteiger partial charge is 0.288 e. The quantitative estimate of drug-likeness (QED) is 0.461. The number of rotatable bonds is 7. The number of aliphatic hydroxyl groups is 1. The maximum atomic E-state index is 13.0. The number of benzene rings is 1. The van der Waals surface area contributed by atoms with Gasteiger partial charge in [-0.2, -0.15) is 0 Å². The van der Waals surface area contributed by atoms with Crippen LogP contribution in [0.5, 0.6) is 0 Å². The molecular formula is C21H29IN2O4. The Bertz CT molecular complexity index is 671. The maximum Gasteiger partial charge on any atom is 0.288 e. The van der Waals surface area contributed by atoms with Crippen LogP contribution in [0.3, 0.4) is 0 Å². The van der Waals surface area contributed by atoms with Crippen molar-refractivity contribution in [3.63, 3.8) is 0 Å². The number of hydrogen-bond acceptors (Lipinski definition) is 5. The SMILES string of the molecule is CN1CCN(C(=O)C2=C[C@@H](c3ccc(I)cc3)C[C@@H](OCCCCO)O2)CC1. The van der Waals surface area contributed by atoms with Crippen molar-refractivity contribution >= 4 is 28.5 Å². The largest absolute Gasteiger partial charge is 0.459 e. The van der Waals surface area contributed by atoms with Gasteiger partial charge in [0.05, 0.1) is 6.61 Å². The molecule has 1 aromatic rings. The number of likely N-dealkylation sites (N-methyl/N-ethyl adjacent to an activating group) is 1. The van der Waals surface area contributed by atoms with E-state index in [0.29, 0.717) is 38.3 Å². The molecule has 0 spiro atoms. The molecule has 0 bridgehead atoms. The van der Waals surface area contributed by atoms with E-state index in [4.69, 9.17) is 14.6 Å². The normalized spacial score (nSPS) is 23.2. The molecule has 154 valence electrons. The van der Waals surface area contributed by atoms with E-state index < -0.39 is 6.29 Å². The highest BCUT2D eigenvalue weighted by atomic mass is 127. The van der Waals surface area contributed by atoms with Gasteiger partial charge in [0.1, 0.15) is 0 Å². The molecule has 3 rings (SSSR count). The van der Waals surface area contributed by atoms with Gasteiger partial charge < -0.3 is 24.4 Å². The molecule has 2 aliphatic rings. The van der Waals surface area contributed by atoms with Crippen LogP contribution in [0.25, 0.3) is 0 Å². The molecule has 7 heteroatoms. The molecule has 28 heavy (non-hydrogen) atoms. The summed E-state index contributed by atoms with van der Waals surface area (Å²) < 4.78 is 13.0. The molecule has 0 radical (unpaired) electrons. The average molecular weight is 500 g/mol. The topological polar surface area (TPSA) is 62.2 Å². The summed E-state index contributed by atoms with van der Waals surface area (Å²) in [6, 6.07) is 8.38. The van der Waals surface area contributed by atoms with Crippen LogP contribution in [0.1, 0.15) is 30.7 Å². The summed E-state index contributed by atoms with van der Waals surface area (Å²) in [4.78, 5) is 17.1. The second kappa shape index (κ2) is 10.6. The fourth-order valence-electron chi connectivity index (χ4n) is 3.45. The van der Waals surface area contributed by atoms with Gasteiger partial charge in [-0.25, -0.2) is 0 Å². The van der Waals surface area contributed by atoms with Crippen molar-refractivity contribution in [1.29, 1.82) is 0 Å². The second-order valence-corrected chi connectivity index (χ2v) is 8.61. The molecule has 1 fully saturated rings. The van der Waals surface area contributed by atoms with Crippen molar-refractivity contribution in [3.05, 3.63) is 45.2 Å². The number of carbonyl (C=O) groups is 1. The number of carbonyl (C=O) groups excluding carboxylic acids is 1. The van der Waals surface area contributed by atoms with E-state index in [2.05, 4.69) is 58.8 Å².